The summed E-state index contributed by atoms with van der Waals surface area (Å²) < 4.78 is 39.7. The van der Waals surface area contributed by atoms with E-state index in [0.717, 1.165) is 12.1 Å². The predicted octanol–water partition coefficient (Wildman–Crippen LogP) is 3.04. The number of Topliss-reactive ketones (excluding diaryl/α,β-unsaturated/α-hetero) is 1. The summed E-state index contributed by atoms with van der Waals surface area (Å²) in [6.07, 6.45) is -4.80. The molecule has 0 radical (unpaired) electrons. The van der Waals surface area contributed by atoms with Crippen molar-refractivity contribution < 1.29 is 27.8 Å². The molecule has 0 aromatic heterocycles. The zero-order valence-corrected chi connectivity index (χ0v) is 10.9. The van der Waals surface area contributed by atoms with Gasteiger partial charge in [0.2, 0.25) is 0 Å². The lowest BCUT2D eigenvalue weighted by atomic mass is 10.0. The molecular weight excluding hydrogens is 317 g/mol. The average molecular weight is 327 g/mol. The minimum atomic E-state index is -4.80. The average Bonchev–Trinajstić information content (AvgIpc) is 2.25. The van der Waals surface area contributed by atoms with Gasteiger partial charge in [-0.05, 0) is 30.7 Å². The van der Waals surface area contributed by atoms with E-state index in [1.165, 1.54) is 6.07 Å². The normalized spacial score (nSPS) is 13.2. The van der Waals surface area contributed by atoms with Gasteiger partial charge in [-0.25, -0.2) is 0 Å². The standard InChI is InChI=1S/C11H10BrF3O3/c1-6(12)10(17)9-3-2-8(4-7(9)5-16)18-11(13,14)15/h2-4,6,16H,5H2,1H3. The third-order valence-corrected chi connectivity index (χ3v) is 2.52. The molecule has 1 aromatic rings. The number of ether oxygens (including phenoxy) is 1. The lowest BCUT2D eigenvalue weighted by Crippen LogP contribution is -2.18. The smallest absolute Gasteiger partial charge is 0.406 e. The van der Waals surface area contributed by atoms with Gasteiger partial charge in [0.05, 0.1) is 11.4 Å². The fourth-order valence-electron chi connectivity index (χ4n) is 1.35. The Morgan fingerprint density at radius 2 is 2.11 bits per heavy atom. The van der Waals surface area contributed by atoms with E-state index < -0.39 is 23.5 Å². The highest BCUT2D eigenvalue weighted by Crippen LogP contribution is 2.26. The van der Waals surface area contributed by atoms with Crippen LogP contribution in [0.15, 0.2) is 18.2 Å². The molecule has 0 fully saturated rings. The largest absolute Gasteiger partial charge is 0.573 e. The van der Waals surface area contributed by atoms with Gasteiger partial charge < -0.3 is 9.84 Å². The van der Waals surface area contributed by atoms with Crippen LogP contribution in [0.4, 0.5) is 13.2 Å². The first kappa shape index (κ1) is 15.0. The van der Waals surface area contributed by atoms with Gasteiger partial charge in [0.1, 0.15) is 5.75 Å². The van der Waals surface area contributed by atoms with Gasteiger partial charge in [0.25, 0.3) is 0 Å². The number of hydrogen-bond donors (Lipinski definition) is 1. The highest BCUT2D eigenvalue weighted by atomic mass is 79.9. The van der Waals surface area contributed by atoms with E-state index in [9.17, 15) is 18.0 Å². The second-order valence-electron chi connectivity index (χ2n) is 3.51. The van der Waals surface area contributed by atoms with Crippen molar-refractivity contribution in [1.82, 2.24) is 0 Å². The molecule has 7 heteroatoms. The number of carbonyl (C=O) groups is 1. The van der Waals surface area contributed by atoms with Gasteiger partial charge in [-0.15, -0.1) is 13.2 Å². The molecule has 0 amide bonds. The molecule has 1 unspecified atom stereocenters. The minimum Gasteiger partial charge on any atom is -0.406 e. The summed E-state index contributed by atoms with van der Waals surface area (Å²) in [7, 11) is 0. The highest BCUT2D eigenvalue weighted by molar-refractivity contribution is 9.10. The Morgan fingerprint density at radius 3 is 2.56 bits per heavy atom. The fraction of sp³-hybridized carbons (Fsp3) is 0.364. The number of halogens is 4. The van der Waals surface area contributed by atoms with E-state index in [0.29, 0.717) is 0 Å². The second-order valence-corrected chi connectivity index (χ2v) is 4.88. The maximum Gasteiger partial charge on any atom is 0.573 e. The van der Waals surface area contributed by atoms with Gasteiger partial charge in [-0.1, -0.05) is 15.9 Å². The van der Waals surface area contributed by atoms with E-state index in [4.69, 9.17) is 5.11 Å². The zero-order chi connectivity index (χ0) is 13.9. The number of aliphatic hydroxyl groups excluding tert-OH is 1. The SMILES string of the molecule is CC(Br)C(=O)c1ccc(OC(F)(F)F)cc1CO. The fourth-order valence-corrected chi connectivity index (χ4v) is 1.60. The van der Waals surface area contributed by atoms with Crippen molar-refractivity contribution in [3.63, 3.8) is 0 Å². The molecule has 0 saturated carbocycles. The Hall–Kier alpha value is -1.08. The summed E-state index contributed by atoms with van der Waals surface area (Å²) in [5.41, 5.74) is 0.254. The number of aliphatic hydroxyl groups is 1. The molecule has 0 bridgehead atoms. The maximum atomic E-state index is 12.0. The van der Waals surface area contributed by atoms with Crippen LogP contribution in [0.2, 0.25) is 0 Å². The van der Waals surface area contributed by atoms with E-state index in [1.807, 2.05) is 0 Å². The molecule has 0 spiro atoms. The summed E-state index contributed by atoms with van der Waals surface area (Å²) in [5, 5.41) is 9.07. The molecule has 100 valence electrons. The molecule has 0 heterocycles. The third-order valence-electron chi connectivity index (χ3n) is 2.11. The summed E-state index contributed by atoms with van der Waals surface area (Å²) in [6.45, 7) is 1.04. The number of alkyl halides is 4. The van der Waals surface area contributed by atoms with Crippen LogP contribution in [0.3, 0.4) is 0 Å². The zero-order valence-electron chi connectivity index (χ0n) is 9.29. The van der Waals surface area contributed by atoms with Crippen LogP contribution in [0.5, 0.6) is 5.75 Å². The highest BCUT2D eigenvalue weighted by Gasteiger charge is 2.31. The third kappa shape index (κ3) is 3.99. The molecule has 1 N–H and O–H groups in total. The minimum absolute atomic E-state index is 0.0908. The lowest BCUT2D eigenvalue weighted by Gasteiger charge is -2.12. The quantitative estimate of drug-likeness (QED) is 0.683. The molecule has 3 nitrogen and oxygen atoms in total. The Balaban J connectivity index is 3.08. The van der Waals surface area contributed by atoms with Crippen LogP contribution >= 0.6 is 15.9 Å². The Morgan fingerprint density at radius 1 is 1.50 bits per heavy atom. The Labute approximate surface area is 110 Å². The summed E-state index contributed by atoms with van der Waals surface area (Å²) >= 11 is 3.06. The molecular formula is C11H10BrF3O3. The molecule has 0 aliphatic carbocycles. The van der Waals surface area contributed by atoms with Crippen LogP contribution < -0.4 is 4.74 Å². The van der Waals surface area contributed by atoms with E-state index in [2.05, 4.69) is 20.7 Å². The first-order valence-electron chi connectivity index (χ1n) is 4.92. The molecule has 0 aliphatic rings. The predicted molar refractivity (Wildman–Crippen MR) is 61.8 cm³/mol. The molecule has 1 atom stereocenters. The topological polar surface area (TPSA) is 46.5 Å². The number of benzene rings is 1. The van der Waals surface area contributed by atoms with E-state index in [-0.39, 0.29) is 16.9 Å². The van der Waals surface area contributed by atoms with Crippen LogP contribution in [-0.2, 0) is 6.61 Å². The van der Waals surface area contributed by atoms with Crippen molar-refractivity contribution in [2.45, 2.75) is 24.7 Å². The maximum absolute atomic E-state index is 12.0. The molecule has 1 aromatic carbocycles. The van der Waals surface area contributed by atoms with Crippen molar-refractivity contribution in [3.05, 3.63) is 29.3 Å². The van der Waals surface area contributed by atoms with Crippen LogP contribution in [0.1, 0.15) is 22.8 Å². The molecule has 18 heavy (non-hydrogen) atoms. The molecule has 0 aliphatic heterocycles. The van der Waals surface area contributed by atoms with Crippen LogP contribution in [-0.4, -0.2) is 22.1 Å². The lowest BCUT2D eigenvalue weighted by molar-refractivity contribution is -0.274. The van der Waals surface area contributed by atoms with Gasteiger partial charge in [0.15, 0.2) is 5.78 Å². The van der Waals surface area contributed by atoms with Gasteiger partial charge in [-0.2, -0.15) is 0 Å². The number of ketones is 1. The number of carbonyl (C=O) groups excluding carboxylic acids is 1. The Kier molecular flexibility index (Phi) is 4.75. The summed E-state index contributed by atoms with van der Waals surface area (Å²) in [6, 6.07) is 3.23. The molecule has 0 saturated heterocycles. The van der Waals surface area contributed by atoms with E-state index in [1.54, 1.807) is 6.92 Å². The van der Waals surface area contributed by atoms with Crippen molar-refractivity contribution in [2.24, 2.45) is 0 Å². The van der Waals surface area contributed by atoms with Gasteiger partial charge in [-0.3, -0.25) is 4.79 Å². The first-order valence-corrected chi connectivity index (χ1v) is 5.84. The number of rotatable bonds is 4. The van der Waals surface area contributed by atoms with Crippen molar-refractivity contribution in [1.29, 1.82) is 0 Å². The van der Waals surface area contributed by atoms with E-state index >= 15 is 0 Å². The summed E-state index contributed by atoms with van der Waals surface area (Å²) in [4.78, 5) is 11.2. The van der Waals surface area contributed by atoms with Crippen molar-refractivity contribution in [3.8, 4) is 5.75 Å². The van der Waals surface area contributed by atoms with Crippen LogP contribution in [0.25, 0.3) is 0 Å². The van der Waals surface area contributed by atoms with Crippen molar-refractivity contribution in [2.75, 3.05) is 0 Å². The van der Waals surface area contributed by atoms with Gasteiger partial charge >= 0.3 is 6.36 Å². The first-order chi connectivity index (χ1) is 8.24. The molecule has 1 rings (SSSR count). The van der Waals surface area contributed by atoms with Crippen LogP contribution in [0, 0.1) is 0 Å². The second kappa shape index (κ2) is 5.71. The van der Waals surface area contributed by atoms with Crippen molar-refractivity contribution >= 4 is 21.7 Å². The number of hydrogen-bond acceptors (Lipinski definition) is 3. The van der Waals surface area contributed by atoms with Gasteiger partial charge in [0, 0.05) is 5.56 Å². The summed E-state index contributed by atoms with van der Waals surface area (Å²) in [5.74, 6) is -0.789. The Bertz CT molecular complexity index is 444. The monoisotopic (exact) mass is 326 g/mol.